The highest BCUT2D eigenvalue weighted by molar-refractivity contribution is 7.89. The summed E-state index contributed by atoms with van der Waals surface area (Å²) in [6, 6.07) is 13.9. The Balaban J connectivity index is 1.64. The summed E-state index contributed by atoms with van der Waals surface area (Å²) < 4.78 is 35.1. The van der Waals surface area contributed by atoms with E-state index in [9.17, 15) is 18.3 Å². The van der Waals surface area contributed by atoms with Crippen molar-refractivity contribution in [2.45, 2.75) is 63.0 Å². The molecule has 1 fully saturated rings. The molecule has 4 rings (SSSR count). The fraction of sp³-hybridized carbons (Fsp3) is 0.500. The maximum absolute atomic E-state index is 13.7. The van der Waals surface area contributed by atoms with Crippen molar-refractivity contribution < 1.29 is 23.1 Å². The molecule has 1 heterocycles. The molecule has 0 unspecified atom stereocenters. The van der Waals surface area contributed by atoms with Crippen LogP contribution in [-0.4, -0.2) is 67.5 Å². The summed E-state index contributed by atoms with van der Waals surface area (Å²) in [5.41, 5.74) is 1.63. The maximum atomic E-state index is 13.7. The van der Waals surface area contributed by atoms with E-state index >= 15 is 0 Å². The summed E-state index contributed by atoms with van der Waals surface area (Å²) >= 11 is 0. The number of likely N-dealkylation sites (N-methyl/N-ethyl adjacent to an activating group) is 1. The van der Waals surface area contributed by atoms with Crippen LogP contribution in [0.25, 0.3) is 0 Å². The van der Waals surface area contributed by atoms with E-state index in [1.807, 2.05) is 37.3 Å². The fourth-order valence-electron chi connectivity index (χ4n) is 5.05. The van der Waals surface area contributed by atoms with Gasteiger partial charge < -0.3 is 14.7 Å². The van der Waals surface area contributed by atoms with Crippen LogP contribution in [-0.2, 0) is 21.2 Å². The van der Waals surface area contributed by atoms with Crippen molar-refractivity contribution in [1.82, 2.24) is 9.21 Å². The van der Waals surface area contributed by atoms with Crippen LogP contribution in [0.2, 0.25) is 0 Å². The van der Waals surface area contributed by atoms with Gasteiger partial charge in [-0.25, -0.2) is 8.42 Å². The summed E-state index contributed by atoms with van der Waals surface area (Å²) in [7, 11) is -2.18. The number of hydrogen-bond donors (Lipinski definition) is 1. The quantitative estimate of drug-likeness (QED) is 0.567. The van der Waals surface area contributed by atoms with Gasteiger partial charge >= 0.3 is 0 Å². The lowest BCUT2D eigenvalue weighted by atomic mass is 10.0. The second kappa shape index (κ2) is 12.3. The smallest absolute Gasteiger partial charge is 0.247 e. The van der Waals surface area contributed by atoms with Crippen molar-refractivity contribution in [2.75, 3.05) is 26.7 Å². The first-order chi connectivity index (χ1) is 18.2. The van der Waals surface area contributed by atoms with E-state index in [-0.39, 0.29) is 42.0 Å². The van der Waals surface area contributed by atoms with Crippen molar-refractivity contribution in [2.24, 2.45) is 11.8 Å². The van der Waals surface area contributed by atoms with Crippen LogP contribution in [0.1, 0.15) is 50.7 Å². The summed E-state index contributed by atoms with van der Waals surface area (Å²) in [4.78, 5) is 14.7. The van der Waals surface area contributed by atoms with Crippen LogP contribution in [0, 0.1) is 23.7 Å². The summed E-state index contributed by atoms with van der Waals surface area (Å²) in [5, 5.41) is 9.85. The molecule has 1 aliphatic carbocycles. The van der Waals surface area contributed by atoms with Gasteiger partial charge in [-0.2, -0.15) is 4.31 Å². The van der Waals surface area contributed by atoms with E-state index in [0.29, 0.717) is 18.0 Å². The number of fused-ring (bicyclic) bond motifs is 1. The molecule has 0 radical (unpaired) electrons. The number of sulfonamides is 1. The van der Waals surface area contributed by atoms with Crippen molar-refractivity contribution in [3.63, 3.8) is 0 Å². The topological polar surface area (TPSA) is 87.2 Å². The second-order valence-electron chi connectivity index (χ2n) is 10.6. The van der Waals surface area contributed by atoms with Crippen LogP contribution < -0.4 is 4.74 Å². The van der Waals surface area contributed by atoms with E-state index in [1.54, 1.807) is 37.1 Å². The number of ether oxygens (including phenoxy) is 1. The average molecular weight is 539 g/mol. The Kier molecular flexibility index (Phi) is 9.14. The van der Waals surface area contributed by atoms with Gasteiger partial charge in [0.1, 0.15) is 16.7 Å². The monoisotopic (exact) mass is 538 g/mol. The lowest BCUT2D eigenvalue weighted by Gasteiger charge is -2.37. The second-order valence-corrected chi connectivity index (χ2v) is 12.4. The minimum atomic E-state index is -3.92. The van der Waals surface area contributed by atoms with E-state index in [4.69, 9.17) is 4.74 Å². The number of aliphatic hydroxyl groups excluding tert-OH is 1. The molecule has 2 aromatic rings. The van der Waals surface area contributed by atoms with Crippen molar-refractivity contribution >= 4 is 15.9 Å². The normalized spacial score (nSPS) is 22.2. The Hall–Kier alpha value is -2.86. The largest absolute Gasteiger partial charge is 0.487 e. The van der Waals surface area contributed by atoms with Gasteiger partial charge in [0.05, 0.1) is 19.6 Å². The minimum absolute atomic E-state index is 0.0429. The fourth-order valence-corrected chi connectivity index (χ4v) is 6.88. The molecular weight excluding hydrogens is 500 g/mol. The first-order valence-electron chi connectivity index (χ1n) is 13.4. The molecule has 204 valence electrons. The molecule has 2 aliphatic rings. The lowest BCUT2D eigenvalue weighted by molar-refractivity contribution is -0.130. The number of carbonyl (C=O) groups excluding carboxylic acids is 1. The third-order valence-corrected chi connectivity index (χ3v) is 9.54. The molecule has 38 heavy (non-hydrogen) atoms. The zero-order valence-corrected chi connectivity index (χ0v) is 23.3. The van der Waals surface area contributed by atoms with E-state index in [0.717, 1.165) is 18.4 Å². The Morgan fingerprint density at radius 3 is 2.58 bits per heavy atom. The minimum Gasteiger partial charge on any atom is -0.487 e. The van der Waals surface area contributed by atoms with Crippen LogP contribution in [0.15, 0.2) is 53.4 Å². The Labute approximate surface area is 226 Å². The van der Waals surface area contributed by atoms with Crippen LogP contribution >= 0.6 is 0 Å². The number of hydrogen-bond acceptors (Lipinski definition) is 5. The Bertz CT molecular complexity index is 1280. The number of rotatable bonds is 6. The highest BCUT2D eigenvalue weighted by Gasteiger charge is 2.38. The van der Waals surface area contributed by atoms with Gasteiger partial charge in [0.25, 0.3) is 0 Å². The average Bonchev–Trinajstić information content (AvgIpc) is 3.43. The van der Waals surface area contributed by atoms with Crippen LogP contribution in [0.3, 0.4) is 0 Å². The molecule has 0 bridgehead atoms. The molecule has 0 saturated heterocycles. The first-order valence-corrected chi connectivity index (χ1v) is 14.9. The molecule has 7 nitrogen and oxygen atoms in total. The highest BCUT2D eigenvalue weighted by atomic mass is 32.2. The zero-order chi connectivity index (χ0) is 27.3. The number of benzene rings is 2. The number of nitrogens with zero attached hydrogens (tertiary/aromatic N) is 2. The molecule has 1 saturated carbocycles. The Morgan fingerprint density at radius 2 is 1.89 bits per heavy atom. The lowest BCUT2D eigenvalue weighted by Crippen LogP contribution is -2.50. The van der Waals surface area contributed by atoms with Gasteiger partial charge in [-0.15, -0.1) is 0 Å². The molecule has 0 aromatic heterocycles. The van der Waals surface area contributed by atoms with E-state index < -0.39 is 22.2 Å². The SMILES string of the molecule is C[C@@H]1CN([C@H](C)CO)S(=O)(=O)c2ccc(C#CC3CCCC3)cc2O[C@@H]1CN(C)C(=O)Cc1ccccc1. The molecular formula is C30H38N2O5S. The van der Waals surface area contributed by atoms with Crippen molar-refractivity contribution in [3.8, 4) is 17.6 Å². The van der Waals surface area contributed by atoms with Gasteiger partial charge in [-0.3, -0.25) is 4.79 Å². The molecule has 1 N–H and O–H groups in total. The zero-order valence-electron chi connectivity index (χ0n) is 22.5. The van der Waals surface area contributed by atoms with E-state index in [2.05, 4.69) is 11.8 Å². The van der Waals surface area contributed by atoms with Crippen LogP contribution in [0.5, 0.6) is 5.75 Å². The number of aliphatic hydroxyl groups is 1. The first kappa shape index (κ1) is 28.2. The highest BCUT2D eigenvalue weighted by Crippen LogP contribution is 2.34. The maximum Gasteiger partial charge on any atom is 0.247 e. The predicted octanol–water partition coefficient (Wildman–Crippen LogP) is 3.70. The summed E-state index contributed by atoms with van der Waals surface area (Å²) in [5.74, 6) is 6.87. The molecule has 3 atom stereocenters. The molecule has 1 aliphatic heterocycles. The van der Waals surface area contributed by atoms with Gasteiger partial charge in [-0.05, 0) is 43.5 Å². The Morgan fingerprint density at radius 1 is 1.18 bits per heavy atom. The number of carbonyl (C=O) groups is 1. The van der Waals surface area contributed by atoms with Gasteiger partial charge in [0.2, 0.25) is 15.9 Å². The molecule has 0 spiro atoms. The van der Waals surface area contributed by atoms with Gasteiger partial charge in [0.15, 0.2) is 0 Å². The van der Waals surface area contributed by atoms with Crippen LogP contribution in [0.4, 0.5) is 0 Å². The van der Waals surface area contributed by atoms with E-state index in [1.165, 1.54) is 17.1 Å². The number of amides is 1. The van der Waals surface area contributed by atoms with Crippen molar-refractivity contribution in [1.29, 1.82) is 0 Å². The standard InChI is InChI=1S/C30H38N2O5S/c1-22-19-32(23(2)21-33)38(35,36)29-16-15-26(14-13-24-9-7-8-10-24)17-27(29)37-28(22)20-31(3)30(34)18-25-11-5-4-6-12-25/h4-6,11-12,15-17,22-24,28,33H,7-10,18-21H2,1-3H3/t22-,23-,28-/m1/s1. The third kappa shape index (κ3) is 6.58. The van der Waals surface area contributed by atoms with Crippen molar-refractivity contribution in [3.05, 3.63) is 59.7 Å². The molecule has 2 aromatic carbocycles. The van der Waals surface area contributed by atoms with Gasteiger partial charge in [-0.1, -0.05) is 61.9 Å². The summed E-state index contributed by atoms with van der Waals surface area (Å²) in [6.07, 6.45) is 4.40. The molecule has 1 amide bonds. The molecule has 8 heteroatoms. The third-order valence-electron chi connectivity index (χ3n) is 7.52. The summed E-state index contributed by atoms with van der Waals surface area (Å²) in [6.45, 7) is 3.77. The predicted molar refractivity (Wildman–Crippen MR) is 147 cm³/mol. The van der Waals surface area contributed by atoms with Gasteiger partial charge in [0, 0.05) is 37.0 Å².